The molecule has 6 aromatic rings. The number of nitrogens with one attached hydrogen (secondary N) is 2. The Morgan fingerprint density at radius 1 is 0.623 bits per heavy atom. The van der Waals surface area contributed by atoms with Gasteiger partial charge in [0.2, 0.25) is 11.9 Å². The number of hydrogen-bond donors (Lipinski definition) is 14. The third-order valence-corrected chi connectivity index (χ3v) is 17.8. The highest BCUT2D eigenvalue weighted by atomic mass is 31.3. The van der Waals surface area contributed by atoms with Crippen molar-refractivity contribution in [1.82, 2.24) is 58.6 Å². The number of fused-ring (bicyclic) bond motifs is 3. The van der Waals surface area contributed by atoms with Crippen molar-refractivity contribution in [2.24, 2.45) is 0 Å². The Hall–Kier alpha value is -5.00. The second kappa shape index (κ2) is 20.0. The molecule has 0 aliphatic carbocycles. The molecule has 4 fully saturated rings. The molecular formula is C30H39N15O27P5+. The van der Waals surface area contributed by atoms with Crippen LogP contribution in [0.25, 0.3) is 33.5 Å². The van der Waals surface area contributed by atoms with Gasteiger partial charge < -0.3 is 76.3 Å². The summed E-state index contributed by atoms with van der Waals surface area (Å²) in [5, 5.41) is 45.2. The molecule has 6 aromatic heterocycles. The van der Waals surface area contributed by atoms with Crippen molar-refractivity contribution in [2.75, 3.05) is 37.0 Å². The van der Waals surface area contributed by atoms with E-state index in [-0.39, 0.29) is 45.3 Å². The summed E-state index contributed by atoms with van der Waals surface area (Å²) >= 11 is 0. The van der Waals surface area contributed by atoms with Crippen molar-refractivity contribution >= 4 is 90.3 Å². The van der Waals surface area contributed by atoms with Gasteiger partial charge in [0.15, 0.2) is 64.7 Å². The number of rotatable bonds is 19. The van der Waals surface area contributed by atoms with Crippen molar-refractivity contribution < 1.29 is 118 Å². The summed E-state index contributed by atoms with van der Waals surface area (Å²) in [5.74, 6) is -0.876. The molecule has 17 N–H and O–H groups in total. The van der Waals surface area contributed by atoms with E-state index in [0.717, 1.165) is 39.0 Å². The van der Waals surface area contributed by atoms with Gasteiger partial charge in [-0.1, -0.05) is 0 Å². The topological polar surface area (TPSA) is 615 Å². The number of aliphatic hydroxyl groups is 4. The maximum absolute atomic E-state index is 14.3. The smallest absolute Gasteiger partial charge is 0.387 e. The molecular weight excluding hydrogens is 1160 g/mol. The van der Waals surface area contributed by atoms with Gasteiger partial charge in [-0.15, -0.1) is 4.30 Å². The maximum atomic E-state index is 14.3. The molecule has 0 bridgehead atoms. The van der Waals surface area contributed by atoms with Crippen LogP contribution in [0.15, 0.2) is 34.9 Å². The molecule has 0 spiro atoms. The molecule has 0 saturated carbocycles. The summed E-state index contributed by atoms with van der Waals surface area (Å²) in [5.41, 5.74) is 14.6. The van der Waals surface area contributed by atoms with E-state index in [9.17, 15) is 67.5 Å². The number of aliphatic hydroxyl groups excluding tert-OH is 4. The number of phosphoric ester groups is 2. The summed E-state index contributed by atoms with van der Waals surface area (Å²) < 4.78 is 120. The van der Waals surface area contributed by atoms with E-state index >= 15 is 0 Å². The number of aromatic amines is 2. The summed E-state index contributed by atoms with van der Waals surface area (Å²) in [6, 6.07) is 0. The fourth-order valence-corrected chi connectivity index (χ4v) is 13.7. The predicted octanol–water partition coefficient (Wildman–Crippen LogP) is -4.19. The minimum Gasteiger partial charge on any atom is -0.387 e. The molecule has 4 aliphatic rings. The third kappa shape index (κ3) is 10.9. The number of aromatic nitrogens is 12. The van der Waals surface area contributed by atoms with Gasteiger partial charge in [-0.05, 0) is 0 Å². The monoisotopic (exact) mass is 1200 g/mol. The van der Waals surface area contributed by atoms with E-state index in [1.807, 2.05) is 0 Å². The van der Waals surface area contributed by atoms with Crippen LogP contribution >= 0.6 is 39.1 Å². The summed E-state index contributed by atoms with van der Waals surface area (Å²) in [6.45, 7) is -3.36. The van der Waals surface area contributed by atoms with Crippen molar-refractivity contribution in [3.8, 4) is 0 Å². The first kappa shape index (κ1) is 55.3. The number of nitrogen functional groups attached to an aromatic ring is 3. The van der Waals surface area contributed by atoms with Crippen LogP contribution in [-0.4, -0.2) is 178 Å². The van der Waals surface area contributed by atoms with Crippen LogP contribution in [0.4, 0.5) is 17.7 Å². The van der Waals surface area contributed by atoms with Crippen LogP contribution in [0.3, 0.4) is 0 Å². The minimum atomic E-state index is -6.05. The van der Waals surface area contributed by atoms with Crippen molar-refractivity contribution in [1.29, 1.82) is 0 Å². The first-order valence-electron chi connectivity index (χ1n) is 21.2. The zero-order chi connectivity index (χ0) is 55.5. The van der Waals surface area contributed by atoms with E-state index in [2.05, 4.69) is 53.5 Å². The molecule has 10 rings (SSSR count). The number of ether oxygens (including phenoxy) is 3. The number of nitrogens with zero attached hydrogens (tertiary/aromatic N) is 10. The lowest BCUT2D eigenvalue weighted by atomic mass is 10.1. The Morgan fingerprint density at radius 3 is 1.75 bits per heavy atom. The van der Waals surface area contributed by atoms with Crippen LogP contribution in [-0.2, 0) is 72.7 Å². The summed E-state index contributed by atoms with van der Waals surface area (Å²) in [7, 11) is -28.1. The Kier molecular flexibility index (Phi) is 14.3. The highest BCUT2D eigenvalue weighted by Crippen LogP contribution is 2.76. The minimum absolute atomic E-state index is 0.0118. The largest absolute Gasteiger partial charge is 0.742 e. The van der Waals surface area contributed by atoms with Crippen molar-refractivity contribution in [2.45, 2.75) is 73.6 Å². The molecule has 0 amide bonds. The number of H-pyrrole nitrogens is 2. The molecule has 3 unspecified atom stereocenters. The molecule has 47 heteroatoms. The van der Waals surface area contributed by atoms with E-state index < -0.39 is 150 Å². The lowest BCUT2D eigenvalue weighted by molar-refractivity contribution is -0.225. The standard InChI is InChI=1S/C30H38N15O27P5/c31-20-11-21(35-4-34-20)43(5-36-11)27-16(48)18(68-74(55,56)62-1-8-14(46)15(47)26(65-8)44-6-37-12-22(44)39-29(32)41-24(12)50)9(66-27)2-64-77(61)69-72(77)19-10(3-63-75(57,58)71-76(59,60)70-73(52,53)54)67-28(17(19)49)45-7-38-13-23(45)40-30(33)42-25(13)51/h4-10,14-19,26-28,46-49H,1-3H2,(H12-,31,32,33,34,35,39,40,41,42,50,51,52,53,54,55,56,57,58,59,60)/p+1/t8-,9-,10-,14-,15-,16-,17-,18-,19-,26-,27-,28-,77-/m1/s1. The molecule has 16 atom stereocenters. The van der Waals surface area contributed by atoms with Gasteiger partial charge in [-0.3, -0.25) is 46.8 Å². The van der Waals surface area contributed by atoms with Crippen molar-refractivity contribution in [3.05, 3.63) is 46.0 Å². The van der Waals surface area contributed by atoms with Gasteiger partial charge in [-0.2, -0.15) is 23.2 Å². The second-order valence-electron chi connectivity index (χ2n) is 16.6. The van der Waals surface area contributed by atoms with Gasteiger partial charge >= 0.3 is 39.1 Å². The molecule has 77 heavy (non-hydrogen) atoms. The number of phosphoric acid groups is 4. The highest BCUT2D eigenvalue weighted by Gasteiger charge is 2.78. The first-order chi connectivity index (χ1) is 36.0. The van der Waals surface area contributed by atoms with Crippen LogP contribution in [0.2, 0.25) is 0 Å². The normalized spacial score (nSPS) is 32.3. The third-order valence-electron chi connectivity index (χ3n) is 11.5. The van der Waals surface area contributed by atoms with Gasteiger partial charge in [0, 0.05) is 0 Å². The number of anilines is 3. The second-order valence-corrected chi connectivity index (χ2v) is 24.1. The quantitative estimate of drug-likeness (QED) is 0.0158. The van der Waals surface area contributed by atoms with E-state index in [1.165, 1.54) is 0 Å². The van der Waals surface area contributed by atoms with Crippen molar-refractivity contribution in [3.63, 3.8) is 0 Å². The van der Waals surface area contributed by atoms with Gasteiger partial charge in [0.1, 0.15) is 48.5 Å². The average molecular weight is 1200 g/mol. The average Bonchev–Trinajstić information content (AvgIpc) is 4.17. The Balaban J connectivity index is 0.879. The lowest BCUT2D eigenvalue weighted by Gasteiger charge is -2.23. The first-order valence-corrected chi connectivity index (χ1v) is 28.7. The fraction of sp³-hybridized carbons (Fsp3) is 0.500. The maximum Gasteiger partial charge on any atom is 0.742 e. The number of nitrogens with two attached hydrogens (primary N) is 3. The molecule has 0 radical (unpaired) electrons. The Bertz CT molecular complexity index is 3650. The SMILES string of the molecule is Nc1nc2c(ncn2[C@@H]2O[C@H](COP(=O)(O)O[C@H]3[C@@H](O)[C@H](n4cnc5c(N)ncnc54)O[C@@H]3CO[P@]3(=O)O[O+]3[C@H]3[C@@H](O)[C@H](n4cnc5c(=O)[nH]c(N)nc54)O[C@@H]3COP(=O)(O)OP(=O)(O)OP(=O)(O)O)[C@@H](O)[C@H]2O)c(=O)[nH]1. The summed E-state index contributed by atoms with van der Waals surface area (Å²) in [4.78, 5) is 106. The van der Waals surface area contributed by atoms with E-state index in [1.54, 1.807) is 4.30 Å². The van der Waals surface area contributed by atoms with Gasteiger partial charge in [0.25, 0.3) is 17.2 Å². The molecule has 0 aromatic carbocycles. The van der Waals surface area contributed by atoms with Crippen LogP contribution in [0.1, 0.15) is 18.7 Å². The number of hydrogen-bond acceptors (Lipinski definition) is 31. The highest BCUT2D eigenvalue weighted by molar-refractivity contribution is 7.66. The molecule has 4 saturated heterocycles. The Morgan fingerprint density at radius 2 is 1.14 bits per heavy atom. The van der Waals surface area contributed by atoms with E-state index in [0.29, 0.717) is 0 Å². The Labute approximate surface area is 422 Å². The zero-order valence-corrected chi connectivity index (χ0v) is 42.1. The zero-order valence-electron chi connectivity index (χ0n) is 37.7. The van der Waals surface area contributed by atoms with Crippen LogP contribution < -0.4 is 28.3 Å². The summed E-state index contributed by atoms with van der Waals surface area (Å²) in [6.07, 6.45) is -17.8. The molecule has 4 aliphatic heterocycles. The van der Waals surface area contributed by atoms with Crippen LogP contribution in [0, 0.1) is 0 Å². The molecule has 10 heterocycles. The molecule has 420 valence electrons. The van der Waals surface area contributed by atoms with Gasteiger partial charge in [0.05, 0.1) is 43.5 Å². The predicted molar refractivity (Wildman–Crippen MR) is 241 cm³/mol. The lowest BCUT2D eigenvalue weighted by Crippen LogP contribution is -2.37. The number of imidazole rings is 3. The van der Waals surface area contributed by atoms with Crippen LogP contribution in [0.5, 0.6) is 0 Å². The van der Waals surface area contributed by atoms with Gasteiger partial charge in [-0.25, -0.2) is 47.7 Å². The fourth-order valence-electron chi connectivity index (χ4n) is 8.30. The van der Waals surface area contributed by atoms with E-state index in [4.69, 9.17) is 64.0 Å². The molecule has 42 nitrogen and oxygen atoms in total.